The summed E-state index contributed by atoms with van der Waals surface area (Å²) in [6.45, 7) is 10.7. The van der Waals surface area contributed by atoms with Crippen LogP contribution in [0.4, 0.5) is 19.2 Å². The number of ether oxygens (including phenoxy) is 9. The Hall–Kier alpha value is -5.04. The van der Waals surface area contributed by atoms with Gasteiger partial charge in [0.15, 0.2) is 0 Å². The molecule has 0 saturated heterocycles. The van der Waals surface area contributed by atoms with Crippen LogP contribution in [0, 0.1) is 0 Å². The van der Waals surface area contributed by atoms with Gasteiger partial charge in [0.1, 0.15) is 19.8 Å². The summed E-state index contributed by atoms with van der Waals surface area (Å²) in [6.07, 6.45) is 9.87. The highest BCUT2D eigenvalue weighted by Gasteiger charge is 2.26. The van der Waals surface area contributed by atoms with Crippen molar-refractivity contribution < 1.29 is 91.8 Å². The van der Waals surface area contributed by atoms with E-state index in [2.05, 4.69) is 49.1 Å². The highest BCUT2D eigenvalue weighted by molar-refractivity contribution is 5.69. The molecule has 25 heteroatoms. The average Bonchev–Trinajstić information content (AvgIpc) is 3.36. The molecule has 0 bridgehead atoms. The van der Waals surface area contributed by atoms with E-state index in [9.17, 15) is 28.8 Å². The Morgan fingerprint density at radius 3 is 1.01 bits per heavy atom. The van der Waals surface area contributed by atoms with Gasteiger partial charge in [-0.15, -0.1) is 0 Å². The number of carbonyl (C=O) groups is 4. The zero-order valence-corrected chi connectivity index (χ0v) is 41.5. The normalized spacial score (nSPS) is 19.4. The van der Waals surface area contributed by atoms with E-state index in [1.165, 1.54) is 7.11 Å². The summed E-state index contributed by atoms with van der Waals surface area (Å²) in [4.78, 5) is 74.5. The number of aliphatic hydroxyl groups is 4. The zero-order chi connectivity index (χ0) is 52.7. The minimum absolute atomic E-state index is 0. The Labute approximate surface area is 431 Å². The fourth-order valence-electron chi connectivity index (χ4n) is 6.76. The Balaban J connectivity index is -0.00000132. The van der Waals surface area contributed by atoms with Gasteiger partial charge < -0.3 is 84.3 Å². The molecule has 0 aromatic heterocycles. The minimum atomic E-state index is -0.583. The topological polar surface area (TPSA) is 339 Å². The van der Waals surface area contributed by atoms with E-state index < -0.39 is 24.4 Å². The van der Waals surface area contributed by atoms with E-state index in [0.29, 0.717) is 91.4 Å². The summed E-state index contributed by atoms with van der Waals surface area (Å²) in [5.41, 5.74) is 1.59. The summed E-state index contributed by atoms with van der Waals surface area (Å²) in [7, 11) is 2.93. The number of nitrogens with zero attached hydrogens (tertiary/aromatic N) is 2. The molecule has 0 aromatic rings. The number of aliphatic hydroxyl groups excluding tert-OH is 4. The molecular weight excluding hydrogens is 965 g/mol. The van der Waals surface area contributed by atoms with Crippen molar-refractivity contribution in [3.8, 4) is 0 Å². The first-order valence-electron chi connectivity index (χ1n) is 23.7. The predicted molar refractivity (Wildman–Crippen MR) is 269 cm³/mol. The third kappa shape index (κ3) is 43.1. The van der Waals surface area contributed by atoms with Gasteiger partial charge in [-0.1, -0.05) is 28.0 Å². The highest BCUT2D eigenvalue weighted by atomic mass is 16.6. The minimum Gasteiger partial charge on any atom is -0.453 e. The molecule has 3 aliphatic carbocycles. The van der Waals surface area contributed by atoms with Crippen molar-refractivity contribution in [1.29, 1.82) is 0 Å². The van der Waals surface area contributed by atoms with Crippen LogP contribution >= 0.6 is 0 Å². The largest absolute Gasteiger partial charge is 0.453 e. The number of hydrogen-bond donors (Lipinski definition) is 8. The summed E-state index contributed by atoms with van der Waals surface area (Å²) < 4.78 is 45.6. The van der Waals surface area contributed by atoms with E-state index in [-0.39, 0.29) is 104 Å². The summed E-state index contributed by atoms with van der Waals surface area (Å²) in [6, 6.07) is 0.0663. The zero-order valence-electron chi connectivity index (χ0n) is 41.5. The van der Waals surface area contributed by atoms with Gasteiger partial charge in [-0.2, -0.15) is 0 Å². The molecule has 3 saturated carbocycles. The molecule has 8 N–H and O–H groups in total. The fourth-order valence-corrected chi connectivity index (χ4v) is 6.76. The van der Waals surface area contributed by atoms with Gasteiger partial charge in [0.2, 0.25) is 12.2 Å². The molecule has 3 rings (SSSR count). The maximum absolute atomic E-state index is 12.1. The number of nitrogens with one attached hydrogen (secondary N) is 4. The molecular formula is C48H88N6O19. The maximum Gasteiger partial charge on any atom is 0.407 e. The summed E-state index contributed by atoms with van der Waals surface area (Å²) in [5.74, 6) is 0. The number of methoxy groups -OCH3 is 2. The molecule has 0 aliphatic heterocycles. The Morgan fingerprint density at radius 1 is 0.452 bits per heavy atom. The smallest absolute Gasteiger partial charge is 0.407 e. The Morgan fingerprint density at radius 2 is 0.740 bits per heavy atom. The lowest BCUT2D eigenvalue weighted by Crippen LogP contribution is -2.44. The van der Waals surface area contributed by atoms with Gasteiger partial charge >= 0.3 is 24.4 Å². The summed E-state index contributed by atoms with van der Waals surface area (Å²) >= 11 is 0. The van der Waals surface area contributed by atoms with E-state index in [1.54, 1.807) is 19.3 Å². The standard InChI is InChI=1S/C28H48N4O11.C8H10N2O2.C8H16O4.C2H6O2.2CH4/c1-20(18-39-13-12-37-2)19-40-14-15-41-26(34)30-23-8-10-24(11-9-23)32-28(36)43-17-16-42-27(35)31-22-6-4-21(5-7-22)29-25(33)38-3;11-5-9-7-1-2-8(4-3-7)10-6-12;1-8(6-11-4-2-9)7-12-5-3-10;3-1-2-4;;/h21-24H,1,4-19H2,2-3H3,(H,29,33)(H,30,34)(H,31,35)(H,32,36);7-8H,1-4H2;9-10H,1-7H2;3-4H,1-2H2;2*1H4. The SMILES string of the molecule is C.C.C=C(COCCO)COCCO.C=C(COCCOC)COCCOC(=O)NC1CCC(NC(=O)OCCOC(=O)NC2CCC(NC(=O)OC)CC2)CC1.O=C=NC1CCC(N=C=O)CC1.OCCO. The van der Waals surface area contributed by atoms with Crippen molar-refractivity contribution in [1.82, 2.24) is 21.3 Å². The van der Waals surface area contributed by atoms with E-state index >= 15 is 0 Å². The van der Waals surface area contributed by atoms with Crippen LogP contribution in [-0.4, -0.2) is 213 Å². The first kappa shape index (κ1) is 72.2. The lowest BCUT2D eigenvalue weighted by molar-refractivity contribution is 0.0615. The highest BCUT2D eigenvalue weighted by Crippen LogP contribution is 2.23. The molecule has 0 heterocycles. The van der Waals surface area contributed by atoms with E-state index in [4.69, 9.17) is 58.3 Å². The molecule has 0 aromatic carbocycles. The van der Waals surface area contributed by atoms with E-state index in [0.717, 1.165) is 49.7 Å². The molecule has 3 fully saturated rings. The van der Waals surface area contributed by atoms with Crippen molar-refractivity contribution in [3.05, 3.63) is 24.3 Å². The van der Waals surface area contributed by atoms with Gasteiger partial charge in [-0.3, -0.25) is 0 Å². The van der Waals surface area contributed by atoms with Crippen molar-refractivity contribution in [2.75, 3.05) is 120 Å². The number of hydrogen-bond acceptors (Lipinski definition) is 21. The number of amides is 4. The lowest BCUT2D eigenvalue weighted by Gasteiger charge is -2.29. The molecule has 4 amide bonds. The van der Waals surface area contributed by atoms with Gasteiger partial charge in [0.25, 0.3) is 0 Å². The van der Waals surface area contributed by atoms with Crippen LogP contribution in [0.2, 0.25) is 0 Å². The van der Waals surface area contributed by atoms with Crippen LogP contribution in [0.1, 0.15) is 91.9 Å². The third-order valence-electron chi connectivity index (χ3n) is 10.3. The average molecular weight is 1050 g/mol. The van der Waals surface area contributed by atoms with Crippen LogP contribution in [0.3, 0.4) is 0 Å². The van der Waals surface area contributed by atoms with Gasteiger partial charge in [-0.05, 0) is 88.2 Å². The van der Waals surface area contributed by atoms with Crippen molar-refractivity contribution in [3.63, 3.8) is 0 Å². The number of rotatable bonds is 28. The molecule has 73 heavy (non-hydrogen) atoms. The molecule has 424 valence electrons. The van der Waals surface area contributed by atoms with E-state index in [1.807, 2.05) is 0 Å². The second-order valence-corrected chi connectivity index (χ2v) is 16.1. The van der Waals surface area contributed by atoms with Crippen molar-refractivity contribution in [2.45, 2.75) is 128 Å². The van der Waals surface area contributed by atoms with Crippen molar-refractivity contribution in [2.24, 2.45) is 9.98 Å². The van der Waals surface area contributed by atoms with Crippen LogP contribution in [-0.2, 0) is 52.2 Å². The molecule has 25 nitrogen and oxygen atoms in total. The summed E-state index contributed by atoms with van der Waals surface area (Å²) in [5, 5.41) is 43.2. The number of carbonyl (C=O) groups excluding carboxylic acids is 6. The predicted octanol–water partition coefficient (Wildman–Crippen LogP) is 3.15. The Bertz CT molecular complexity index is 1490. The van der Waals surface area contributed by atoms with Gasteiger partial charge in [0.05, 0.1) is 105 Å². The second kappa shape index (κ2) is 50.5. The third-order valence-corrected chi connectivity index (χ3v) is 10.3. The molecule has 0 unspecified atom stereocenters. The second-order valence-electron chi connectivity index (χ2n) is 16.1. The Kier molecular flexibility index (Phi) is 49.9. The molecule has 0 radical (unpaired) electrons. The number of alkyl carbamates (subject to hydrolysis) is 4. The van der Waals surface area contributed by atoms with Gasteiger partial charge in [0, 0.05) is 31.3 Å². The van der Waals surface area contributed by atoms with Crippen LogP contribution < -0.4 is 21.3 Å². The van der Waals surface area contributed by atoms with Crippen LogP contribution in [0.15, 0.2) is 34.3 Å². The maximum atomic E-state index is 12.1. The molecule has 0 spiro atoms. The lowest BCUT2D eigenvalue weighted by atomic mass is 9.91. The van der Waals surface area contributed by atoms with Crippen LogP contribution in [0.25, 0.3) is 0 Å². The quantitative estimate of drug-likeness (QED) is 0.0183. The fraction of sp³-hybridized carbons (Fsp3) is 0.792. The van der Waals surface area contributed by atoms with Gasteiger partial charge in [-0.25, -0.2) is 38.8 Å². The molecule has 3 aliphatic rings. The number of isocyanates is 2. The van der Waals surface area contributed by atoms with Crippen LogP contribution in [0.5, 0.6) is 0 Å². The molecule has 0 atom stereocenters. The monoisotopic (exact) mass is 1050 g/mol. The number of aliphatic imine (C=N–C) groups is 2. The first-order valence-corrected chi connectivity index (χ1v) is 23.7. The first-order chi connectivity index (χ1) is 34.4. The van der Waals surface area contributed by atoms with Crippen molar-refractivity contribution >= 4 is 36.5 Å².